The number of halogens is 4. The third kappa shape index (κ3) is 4.48. The van der Waals surface area contributed by atoms with Crippen molar-refractivity contribution in [1.29, 1.82) is 0 Å². The van der Waals surface area contributed by atoms with Crippen molar-refractivity contribution in [3.05, 3.63) is 64.4 Å². The first-order chi connectivity index (χ1) is 12.7. The molecular weight excluding hydrogens is 387 g/mol. The molecule has 2 N–H and O–H groups in total. The molecule has 1 fully saturated rings. The molecule has 1 aliphatic rings. The van der Waals surface area contributed by atoms with Crippen molar-refractivity contribution in [2.45, 2.75) is 18.3 Å². The van der Waals surface area contributed by atoms with Gasteiger partial charge in [0.15, 0.2) is 6.10 Å². The number of nitrogens with zero attached hydrogens (tertiary/aromatic N) is 1. The van der Waals surface area contributed by atoms with Crippen LogP contribution in [0.15, 0.2) is 42.6 Å². The molecule has 1 aromatic carbocycles. The zero-order valence-corrected chi connectivity index (χ0v) is 14.3. The van der Waals surface area contributed by atoms with Crippen LogP contribution in [0.25, 0.3) is 0 Å². The lowest BCUT2D eigenvalue weighted by atomic mass is 10.0. The van der Waals surface area contributed by atoms with Gasteiger partial charge >= 0.3 is 12.3 Å². The summed E-state index contributed by atoms with van der Waals surface area (Å²) in [4.78, 5) is 27.3. The summed E-state index contributed by atoms with van der Waals surface area (Å²) in [5.74, 6) is -0.602. The normalized spacial score (nSPS) is 17.8. The van der Waals surface area contributed by atoms with Gasteiger partial charge in [-0.1, -0.05) is 23.7 Å². The summed E-state index contributed by atoms with van der Waals surface area (Å²) in [7, 11) is 0. The highest BCUT2D eigenvalue weighted by Gasteiger charge is 2.33. The minimum absolute atomic E-state index is 0.00154. The summed E-state index contributed by atoms with van der Waals surface area (Å²) in [6, 6.07) is 7.61. The van der Waals surface area contributed by atoms with Gasteiger partial charge in [0.25, 0.3) is 5.91 Å². The maximum Gasteiger partial charge on any atom is 0.417 e. The number of carbonyl (C=O) groups is 2. The fourth-order valence-corrected chi connectivity index (χ4v) is 2.62. The van der Waals surface area contributed by atoms with Crippen molar-refractivity contribution in [3.8, 4) is 0 Å². The van der Waals surface area contributed by atoms with E-state index in [4.69, 9.17) is 16.3 Å². The van der Waals surface area contributed by atoms with Crippen LogP contribution in [-0.2, 0) is 15.7 Å². The molecule has 2 aromatic rings. The Balaban J connectivity index is 1.89. The third-order valence-corrected chi connectivity index (χ3v) is 4.12. The lowest BCUT2D eigenvalue weighted by Crippen LogP contribution is -2.39. The number of ether oxygens (including phenoxy) is 1. The monoisotopic (exact) mass is 399 g/mol. The van der Waals surface area contributed by atoms with Gasteiger partial charge < -0.3 is 15.4 Å². The zero-order chi connectivity index (χ0) is 19.6. The molecule has 0 radical (unpaired) electrons. The van der Waals surface area contributed by atoms with Crippen LogP contribution in [0.1, 0.15) is 22.9 Å². The molecule has 2 amide bonds. The largest absolute Gasteiger partial charge is 0.434 e. The molecule has 2 atom stereocenters. The highest BCUT2D eigenvalue weighted by molar-refractivity contribution is 6.30. The minimum Gasteiger partial charge on any atom is -0.434 e. The molecule has 0 bridgehead atoms. The van der Waals surface area contributed by atoms with Gasteiger partial charge in [0.05, 0.1) is 23.8 Å². The average Bonchev–Trinajstić information content (AvgIpc) is 3.06. The van der Waals surface area contributed by atoms with Gasteiger partial charge in [0, 0.05) is 11.2 Å². The van der Waals surface area contributed by atoms with Crippen LogP contribution in [0.3, 0.4) is 0 Å². The number of alkyl carbamates (subject to hydrolysis) is 1. The SMILES string of the molecule is O=C1NCC(C(=O)N[C@H](c2ccc(Cl)cc2)c2ccc(C(F)(F)F)cn2)O1. The quantitative estimate of drug-likeness (QED) is 0.828. The smallest absolute Gasteiger partial charge is 0.417 e. The number of hydrogen-bond acceptors (Lipinski definition) is 4. The van der Waals surface area contributed by atoms with Gasteiger partial charge in [-0.25, -0.2) is 4.79 Å². The van der Waals surface area contributed by atoms with Crippen molar-refractivity contribution in [2.75, 3.05) is 6.54 Å². The first-order valence-corrected chi connectivity index (χ1v) is 8.15. The second kappa shape index (κ2) is 7.43. The average molecular weight is 400 g/mol. The fraction of sp³-hybridized carbons (Fsp3) is 0.235. The van der Waals surface area contributed by atoms with Crippen LogP contribution < -0.4 is 10.6 Å². The van der Waals surface area contributed by atoms with Crippen molar-refractivity contribution in [3.63, 3.8) is 0 Å². The van der Waals surface area contributed by atoms with E-state index in [1.54, 1.807) is 24.3 Å². The molecule has 6 nitrogen and oxygen atoms in total. The summed E-state index contributed by atoms with van der Waals surface area (Å²) in [6.45, 7) is -0.00154. The zero-order valence-electron chi connectivity index (χ0n) is 13.6. The van der Waals surface area contributed by atoms with Crippen LogP contribution in [-0.4, -0.2) is 29.6 Å². The molecule has 10 heteroatoms. The number of aromatic nitrogens is 1. The van der Waals surface area contributed by atoms with Crippen molar-refractivity contribution >= 4 is 23.6 Å². The van der Waals surface area contributed by atoms with Crippen LogP contribution in [0, 0.1) is 0 Å². The molecule has 27 heavy (non-hydrogen) atoms. The summed E-state index contributed by atoms with van der Waals surface area (Å²) in [5, 5.41) is 5.46. The molecule has 0 aliphatic carbocycles. The number of nitrogens with one attached hydrogen (secondary N) is 2. The molecule has 1 saturated heterocycles. The number of pyridine rings is 1. The molecule has 1 unspecified atom stereocenters. The number of carbonyl (C=O) groups excluding carboxylic acids is 2. The summed E-state index contributed by atoms with van der Waals surface area (Å²) in [6.07, 6.45) is -5.58. The number of hydrogen-bond donors (Lipinski definition) is 2. The number of alkyl halides is 3. The van der Waals surface area contributed by atoms with Crippen LogP contribution >= 0.6 is 11.6 Å². The number of benzene rings is 1. The molecule has 0 spiro atoms. The van der Waals surface area contributed by atoms with Gasteiger partial charge in [-0.3, -0.25) is 9.78 Å². The molecule has 1 aliphatic heterocycles. The van der Waals surface area contributed by atoms with E-state index >= 15 is 0 Å². The Morgan fingerprint density at radius 2 is 1.96 bits per heavy atom. The Bertz CT molecular complexity index is 841. The van der Waals surface area contributed by atoms with E-state index in [-0.39, 0.29) is 12.2 Å². The van der Waals surface area contributed by atoms with Gasteiger partial charge in [-0.05, 0) is 29.8 Å². The predicted molar refractivity (Wildman–Crippen MR) is 88.9 cm³/mol. The summed E-state index contributed by atoms with van der Waals surface area (Å²) in [5.41, 5.74) is -0.158. The number of rotatable bonds is 4. The van der Waals surface area contributed by atoms with Crippen molar-refractivity contribution in [2.24, 2.45) is 0 Å². The second-order valence-corrected chi connectivity index (χ2v) is 6.17. The molecule has 2 heterocycles. The topological polar surface area (TPSA) is 80.3 Å². The lowest BCUT2D eigenvalue weighted by Gasteiger charge is -2.21. The summed E-state index contributed by atoms with van der Waals surface area (Å²) >= 11 is 5.86. The van der Waals surface area contributed by atoms with Crippen LogP contribution in [0.5, 0.6) is 0 Å². The Labute approximate surface area is 156 Å². The van der Waals surface area contributed by atoms with E-state index < -0.39 is 35.9 Å². The van der Waals surface area contributed by atoms with Crippen molar-refractivity contribution < 1.29 is 27.5 Å². The number of amides is 2. The maximum absolute atomic E-state index is 12.8. The Hall–Kier alpha value is -2.81. The van der Waals surface area contributed by atoms with E-state index in [1.165, 1.54) is 6.07 Å². The Morgan fingerprint density at radius 1 is 1.26 bits per heavy atom. The third-order valence-electron chi connectivity index (χ3n) is 3.87. The Kier molecular flexibility index (Phi) is 5.22. The predicted octanol–water partition coefficient (Wildman–Crippen LogP) is 3.07. The van der Waals surface area contributed by atoms with Crippen LogP contribution in [0.4, 0.5) is 18.0 Å². The first kappa shape index (κ1) is 19.0. The number of cyclic esters (lactones) is 1. The Morgan fingerprint density at radius 3 is 2.48 bits per heavy atom. The van der Waals surface area contributed by atoms with Crippen LogP contribution in [0.2, 0.25) is 5.02 Å². The van der Waals surface area contributed by atoms with E-state index in [0.29, 0.717) is 16.8 Å². The molecule has 3 rings (SSSR count). The highest BCUT2D eigenvalue weighted by atomic mass is 35.5. The maximum atomic E-state index is 12.8. The molecule has 0 saturated carbocycles. The van der Waals surface area contributed by atoms with E-state index in [1.807, 2.05) is 0 Å². The van der Waals surface area contributed by atoms with E-state index in [2.05, 4.69) is 15.6 Å². The van der Waals surface area contributed by atoms with E-state index in [9.17, 15) is 22.8 Å². The highest BCUT2D eigenvalue weighted by Crippen LogP contribution is 2.30. The van der Waals surface area contributed by atoms with Gasteiger partial charge in [0.1, 0.15) is 0 Å². The minimum atomic E-state index is -4.52. The van der Waals surface area contributed by atoms with Gasteiger partial charge in [-0.15, -0.1) is 0 Å². The summed E-state index contributed by atoms with van der Waals surface area (Å²) < 4.78 is 43.1. The van der Waals surface area contributed by atoms with E-state index in [0.717, 1.165) is 6.07 Å². The molecular formula is C17H13ClF3N3O3. The van der Waals surface area contributed by atoms with Gasteiger partial charge in [0.2, 0.25) is 0 Å². The molecule has 142 valence electrons. The van der Waals surface area contributed by atoms with Crippen molar-refractivity contribution in [1.82, 2.24) is 15.6 Å². The first-order valence-electron chi connectivity index (χ1n) is 7.77. The second-order valence-electron chi connectivity index (χ2n) is 5.74. The standard InChI is InChI=1S/C17H13ClF3N3O3/c18-11-4-1-9(2-5-11)14(24-15(25)13-8-23-16(26)27-13)12-6-3-10(7-22-12)17(19,20)21/h1-7,13-14H,8H2,(H,23,26)(H,24,25)/t13?,14-/m1/s1. The van der Waals surface area contributed by atoms with Gasteiger partial charge in [-0.2, -0.15) is 13.2 Å². The molecule has 1 aromatic heterocycles. The lowest BCUT2D eigenvalue weighted by molar-refractivity contribution is -0.138. The fourth-order valence-electron chi connectivity index (χ4n) is 2.50.